The Morgan fingerprint density at radius 1 is 1.10 bits per heavy atom. The number of benzene rings is 2. The number of primary amides is 1. The molecule has 0 saturated carbocycles. The summed E-state index contributed by atoms with van der Waals surface area (Å²) in [5, 5.41) is 25.1. The molecule has 1 aliphatic rings. The van der Waals surface area contributed by atoms with Crippen molar-refractivity contribution in [1.82, 2.24) is 10.2 Å². The van der Waals surface area contributed by atoms with Crippen molar-refractivity contribution in [2.75, 3.05) is 26.7 Å². The topological polar surface area (TPSA) is 125 Å². The number of nitrogens with zero attached hydrogens (tertiary/aromatic N) is 1. The van der Waals surface area contributed by atoms with Gasteiger partial charge in [-0.15, -0.1) is 0 Å². The van der Waals surface area contributed by atoms with Crippen molar-refractivity contribution in [2.24, 2.45) is 17.1 Å². The molecule has 8 nitrogen and oxygen atoms in total. The Morgan fingerprint density at radius 2 is 1.78 bits per heavy atom. The number of phenolic OH excluding ortho intramolecular Hbond substituents is 1. The molecule has 2 aromatic rings. The first kappa shape index (κ1) is 31.9. The van der Waals surface area contributed by atoms with E-state index in [1.54, 1.807) is 25.3 Å². The first-order valence-electron chi connectivity index (χ1n) is 14.4. The van der Waals surface area contributed by atoms with Gasteiger partial charge in [0.1, 0.15) is 11.5 Å². The predicted molar refractivity (Wildman–Crippen MR) is 161 cm³/mol. The standard InChI is InChI=1S/C33H45N3O5/c1-5-13-36(14-6-2)31(39)26-15-23(3)19-33(20-26,32(34)40)29(18-24-9-7-11-27(37)16-24)30(38)22-35-21-25-10-8-12-28(17-25)41-4/h7-12,15-17,19,29-30,35,37-38H,5-6,13-14,18,20-22H2,1-4H3,(H2,34,40)/t29-,30+,33?/m1/s1. The monoisotopic (exact) mass is 563 g/mol. The maximum Gasteiger partial charge on any atom is 0.249 e. The van der Waals surface area contributed by atoms with Crippen LogP contribution in [0.4, 0.5) is 0 Å². The number of aliphatic hydroxyl groups excluding tert-OH is 1. The van der Waals surface area contributed by atoms with E-state index in [0.717, 1.165) is 35.3 Å². The van der Waals surface area contributed by atoms with E-state index in [2.05, 4.69) is 5.32 Å². The number of hydrogen-bond donors (Lipinski definition) is 4. The normalized spacial score (nSPS) is 18.2. The molecule has 3 atom stereocenters. The van der Waals surface area contributed by atoms with Crippen LogP contribution in [0.1, 0.15) is 51.2 Å². The van der Waals surface area contributed by atoms with Gasteiger partial charge in [-0.05, 0) is 68.0 Å². The van der Waals surface area contributed by atoms with Crippen LogP contribution >= 0.6 is 0 Å². The van der Waals surface area contributed by atoms with Gasteiger partial charge in [0.25, 0.3) is 0 Å². The van der Waals surface area contributed by atoms with E-state index in [1.165, 1.54) is 0 Å². The molecular weight excluding hydrogens is 518 g/mol. The predicted octanol–water partition coefficient (Wildman–Crippen LogP) is 4.11. The van der Waals surface area contributed by atoms with Gasteiger partial charge in [0.15, 0.2) is 0 Å². The Morgan fingerprint density at radius 3 is 2.41 bits per heavy atom. The summed E-state index contributed by atoms with van der Waals surface area (Å²) >= 11 is 0. The molecule has 2 amide bonds. The van der Waals surface area contributed by atoms with Gasteiger partial charge in [-0.2, -0.15) is 0 Å². The van der Waals surface area contributed by atoms with Gasteiger partial charge < -0.3 is 30.9 Å². The van der Waals surface area contributed by atoms with Crippen molar-refractivity contribution in [3.8, 4) is 11.5 Å². The zero-order chi connectivity index (χ0) is 30.0. The average molecular weight is 564 g/mol. The molecule has 0 aromatic heterocycles. The van der Waals surface area contributed by atoms with Crippen LogP contribution < -0.4 is 15.8 Å². The SMILES string of the molecule is CCCN(CCC)C(=O)C1=CC(C)=CC(C(N)=O)([C@H](Cc2cccc(O)c2)[C@@H](O)CNCc2cccc(OC)c2)C1. The maximum atomic E-state index is 13.7. The first-order valence-corrected chi connectivity index (χ1v) is 14.4. The van der Waals surface area contributed by atoms with E-state index in [9.17, 15) is 19.8 Å². The Balaban J connectivity index is 1.95. The Labute approximate surface area is 243 Å². The lowest BCUT2D eigenvalue weighted by Crippen LogP contribution is -2.51. The summed E-state index contributed by atoms with van der Waals surface area (Å²) < 4.78 is 5.31. The molecule has 0 radical (unpaired) electrons. The minimum absolute atomic E-state index is 0.0961. The van der Waals surface area contributed by atoms with Crippen molar-refractivity contribution in [3.63, 3.8) is 0 Å². The van der Waals surface area contributed by atoms with Crippen LogP contribution in [0.2, 0.25) is 0 Å². The minimum Gasteiger partial charge on any atom is -0.508 e. The lowest BCUT2D eigenvalue weighted by Gasteiger charge is -2.42. The highest BCUT2D eigenvalue weighted by molar-refractivity contribution is 5.97. The molecular formula is C33H45N3O5. The van der Waals surface area contributed by atoms with Gasteiger partial charge in [0.05, 0.1) is 18.6 Å². The number of ether oxygens (including phenoxy) is 1. The summed E-state index contributed by atoms with van der Waals surface area (Å²) in [4.78, 5) is 28.9. The number of aliphatic hydroxyl groups is 1. The molecule has 3 rings (SSSR count). The van der Waals surface area contributed by atoms with Gasteiger partial charge in [0.2, 0.25) is 11.8 Å². The van der Waals surface area contributed by atoms with Gasteiger partial charge in [0, 0.05) is 37.7 Å². The largest absolute Gasteiger partial charge is 0.508 e. The molecule has 1 unspecified atom stereocenters. The zero-order valence-corrected chi connectivity index (χ0v) is 24.7. The third kappa shape index (κ3) is 8.21. The summed E-state index contributed by atoms with van der Waals surface area (Å²) in [5.74, 6) is -0.526. The summed E-state index contributed by atoms with van der Waals surface area (Å²) in [5.41, 5.74) is 7.87. The Hall–Kier alpha value is -3.62. The van der Waals surface area contributed by atoms with Crippen LogP contribution in [0.3, 0.4) is 0 Å². The molecule has 0 saturated heterocycles. The van der Waals surface area contributed by atoms with Crippen molar-refractivity contribution in [3.05, 3.63) is 83.0 Å². The van der Waals surface area contributed by atoms with E-state index in [-0.39, 0.29) is 31.0 Å². The minimum atomic E-state index is -1.31. The fourth-order valence-corrected chi connectivity index (χ4v) is 5.80. The lowest BCUT2D eigenvalue weighted by molar-refractivity contribution is -0.132. The smallest absolute Gasteiger partial charge is 0.249 e. The second-order valence-corrected chi connectivity index (χ2v) is 11.0. The van der Waals surface area contributed by atoms with E-state index in [0.29, 0.717) is 25.2 Å². The van der Waals surface area contributed by atoms with Crippen LogP contribution in [0, 0.1) is 11.3 Å². The summed E-state index contributed by atoms with van der Waals surface area (Å²) in [6, 6.07) is 14.4. The van der Waals surface area contributed by atoms with Crippen LogP contribution in [-0.4, -0.2) is 59.8 Å². The molecule has 222 valence electrons. The highest BCUT2D eigenvalue weighted by Gasteiger charge is 2.48. The number of carbonyl (C=O) groups is 2. The molecule has 2 aromatic carbocycles. The third-order valence-corrected chi connectivity index (χ3v) is 7.69. The number of hydrogen-bond acceptors (Lipinski definition) is 6. The second-order valence-electron chi connectivity index (χ2n) is 11.0. The van der Waals surface area contributed by atoms with Gasteiger partial charge in [-0.1, -0.05) is 55.8 Å². The molecule has 0 heterocycles. The maximum absolute atomic E-state index is 13.7. The number of nitrogens with one attached hydrogen (secondary N) is 1. The van der Waals surface area contributed by atoms with Crippen molar-refractivity contribution in [1.29, 1.82) is 0 Å². The van der Waals surface area contributed by atoms with Crippen molar-refractivity contribution >= 4 is 11.8 Å². The highest BCUT2D eigenvalue weighted by atomic mass is 16.5. The number of amides is 2. The number of methoxy groups -OCH3 is 1. The number of phenols is 1. The molecule has 5 N–H and O–H groups in total. The van der Waals surface area contributed by atoms with E-state index in [4.69, 9.17) is 10.5 Å². The Bertz CT molecular complexity index is 1250. The average Bonchev–Trinajstić information content (AvgIpc) is 2.95. The highest BCUT2D eigenvalue weighted by Crippen LogP contribution is 2.44. The zero-order valence-electron chi connectivity index (χ0n) is 24.7. The summed E-state index contributed by atoms with van der Waals surface area (Å²) in [7, 11) is 1.61. The van der Waals surface area contributed by atoms with Gasteiger partial charge in [-0.25, -0.2) is 0 Å². The number of allylic oxidation sites excluding steroid dienone is 2. The van der Waals surface area contributed by atoms with Crippen LogP contribution in [-0.2, 0) is 22.6 Å². The summed E-state index contributed by atoms with van der Waals surface area (Å²) in [6.07, 6.45) is 4.68. The van der Waals surface area contributed by atoms with Crippen molar-refractivity contribution in [2.45, 2.75) is 59.1 Å². The first-order chi connectivity index (χ1) is 19.6. The number of carbonyl (C=O) groups excluding carboxylic acids is 2. The molecule has 41 heavy (non-hydrogen) atoms. The van der Waals surface area contributed by atoms with Crippen LogP contribution in [0.5, 0.6) is 11.5 Å². The summed E-state index contributed by atoms with van der Waals surface area (Å²) in [6.45, 7) is 7.84. The van der Waals surface area contributed by atoms with Gasteiger partial charge >= 0.3 is 0 Å². The lowest BCUT2D eigenvalue weighted by atomic mass is 9.63. The van der Waals surface area contributed by atoms with Crippen molar-refractivity contribution < 1.29 is 24.5 Å². The van der Waals surface area contributed by atoms with E-state index < -0.39 is 23.3 Å². The molecule has 0 aliphatic heterocycles. The number of aromatic hydroxyl groups is 1. The third-order valence-electron chi connectivity index (χ3n) is 7.69. The van der Waals surface area contributed by atoms with Crippen LogP contribution in [0.25, 0.3) is 0 Å². The molecule has 8 heteroatoms. The fraction of sp³-hybridized carbons (Fsp3) is 0.455. The molecule has 0 bridgehead atoms. The number of nitrogens with two attached hydrogens (primary N) is 1. The fourth-order valence-electron chi connectivity index (χ4n) is 5.80. The number of rotatable bonds is 15. The molecule has 0 fully saturated rings. The molecule has 0 spiro atoms. The Kier molecular flexibility index (Phi) is 11.6. The van der Waals surface area contributed by atoms with E-state index in [1.807, 2.05) is 68.2 Å². The molecule has 1 aliphatic carbocycles. The quantitative estimate of drug-likeness (QED) is 0.259. The van der Waals surface area contributed by atoms with Gasteiger partial charge in [-0.3, -0.25) is 9.59 Å². The van der Waals surface area contributed by atoms with Crippen LogP contribution in [0.15, 0.2) is 71.8 Å². The second kappa shape index (κ2) is 14.8. The van der Waals surface area contributed by atoms with E-state index >= 15 is 0 Å².